The zero-order valence-corrected chi connectivity index (χ0v) is 18.5. The van der Waals surface area contributed by atoms with Gasteiger partial charge in [-0.1, -0.05) is 13.8 Å². The fourth-order valence-electron chi connectivity index (χ4n) is 3.38. The summed E-state index contributed by atoms with van der Waals surface area (Å²) in [5.41, 5.74) is -1.21. The van der Waals surface area contributed by atoms with Gasteiger partial charge in [0.1, 0.15) is 11.4 Å². The van der Waals surface area contributed by atoms with Crippen molar-refractivity contribution in [2.75, 3.05) is 0 Å². The first-order valence-electron chi connectivity index (χ1n) is 10.4. The van der Waals surface area contributed by atoms with Crippen LogP contribution in [0.15, 0.2) is 33.9 Å². The highest BCUT2D eigenvalue weighted by atomic mass is 16.6. The molecule has 1 aromatic carbocycles. The van der Waals surface area contributed by atoms with Gasteiger partial charge in [-0.25, -0.2) is 19.1 Å². The van der Waals surface area contributed by atoms with Crippen molar-refractivity contribution in [3.63, 3.8) is 0 Å². The number of ether oxygens (including phenoxy) is 1. The van der Waals surface area contributed by atoms with Crippen molar-refractivity contribution in [1.82, 2.24) is 18.7 Å². The molecule has 0 aliphatic carbocycles. The van der Waals surface area contributed by atoms with E-state index in [1.807, 2.05) is 13.8 Å². The summed E-state index contributed by atoms with van der Waals surface area (Å²) >= 11 is 0. The fourth-order valence-corrected chi connectivity index (χ4v) is 3.38. The summed E-state index contributed by atoms with van der Waals surface area (Å²) in [7, 11) is 0. The van der Waals surface area contributed by atoms with E-state index < -0.39 is 22.9 Å². The Labute approximate surface area is 179 Å². The molecular weight excluding hydrogens is 400 g/mol. The maximum atomic E-state index is 13.3. The maximum Gasteiger partial charge on any atom is 0.421 e. The maximum absolute atomic E-state index is 13.3. The lowest BCUT2D eigenvalue weighted by atomic mass is 10.2. The zero-order valence-electron chi connectivity index (χ0n) is 18.5. The number of carbonyl (C=O) groups excluding carboxylic acids is 1. The number of aromatic nitrogens is 4. The topological polar surface area (TPSA) is 108 Å². The van der Waals surface area contributed by atoms with Crippen LogP contribution in [0.1, 0.15) is 47.5 Å². The molecule has 0 fully saturated rings. The SMILES string of the molecule is CCCn1c(=O)c2c(nc(-c3ccc(O)cc3)n2C(=O)OC(C)(C)C)n(CCC)c1=O. The predicted molar refractivity (Wildman–Crippen MR) is 118 cm³/mol. The van der Waals surface area contributed by atoms with Gasteiger partial charge in [-0.15, -0.1) is 0 Å². The van der Waals surface area contributed by atoms with Gasteiger partial charge in [0.25, 0.3) is 5.56 Å². The third-order valence-corrected chi connectivity index (χ3v) is 4.62. The van der Waals surface area contributed by atoms with Crippen molar-refractivity contribution < 1.29 is 14.6 Å². The van der Waals surface area contributed by atoms with Gasteiger partial charge in [0, 0.05) is 18.7 Å². The largest absolute Gasteiger partial charge is 0.508 e. The summed E-state index contributed by atoms with van der Waals surface area (Å²) in [5, 5.41) is 9.65. The van der Waals surface area contributed by atoms with Crippen molar-refractivity contribution in [1.29, 1.82) is 0 Å². The van der Waals surface area contributed by atoms with E-state index in [2.05, 4.69) is 4.98 Å². The number of hydrogen-bond donors (Lipinski definition) is 1. The molecule has 0 aliphatic heterocycles. The summed E-state index contributed by atoms with van der Waals surface area (Å²) in [6.45, 7) is 9.55. The second-order valence-electron chi connectivity index (χ2n) is 8.36. The smallest absolute Gasteiger partial charge is 0.421 e. The van der Waals surface area contributed by atoms with Crippen LogP contribution in [-0.2, 0) is 17.8 Å². The van der Waals surface area contributed by atoms with Crippen LogP contribution in [-0.4, -0.2) is 35.5 Å². The van der Waals surface area contributed by atoms with Gasteiger partial charge < -0.3 is 9.84 Å². The van der Waals surface area contributed by atoms with Gasteiger partial charge in [-0.2, -0.15) is 0 Å². The molecule has 0 atom stereocenters. The van der Waals surface area contributed by atoms with Gasteiger partial charge in [0.2, 0.25) is 0 Å². The highest BCUT2D eigenvalue weighted by molar-refractivity contribution is 5.90. The Morgan fingerprint density at radius 3 is 2.16 bits per heavy atom. The molecule has 0 amide bonds. The van der Waals surface area contributed by atoms with Crippen LogP contribution in [0.3, 0.4) is 0 Å². The highest BCUT2D eigenvalue weighted by Gasteiger charge is 2.28. The normalized spacial score (nSPS) is 11.8. The Hall–Kier alpha value is -3.36. The average Bonchev–Trinajstić information content (AvgIpc) is 3.08. The molecule has 0 radical (unpaired) electrons. The number of carbonyl (C=O) groups is 1. The Morgan fingerprint density at radius 1 is 1.03 bits per heavy atom. The van der Waals surface area contributed by atoms with Gasteiger partial charge in [-0.05, 0) is 57.9 Å². The number of hydrogen-bond acceptors (Lipinski definition) is 6. The van der Waals surface area contributed by atoms with Crippen LogP contribution in [0.5, 0.6) is 5.75 Å². The van der Waals surface area contributed by atoms with E-state index in [1.165, 1.54) is 16.7 Å². The minimum Gasteiger partial charge on any atom is -0.508 e. The van der Waals surface area contributed by atoms with E-state index in [1.54, 1.807) is 32.9 Å². The van der Waals surface area contributed by atoms with Gasteiger partial charge in [0.15, 0.2) is 17.0 Å². The third kappa shape index (κ3) is 4.26. The number of imidazole rings is 1. The van der Waals surface area contributed by atoms with E-state index in [-0.39, 0.29) is 29.3 Å². The molecule has 0 saturated carbocycles. The van der Waals surface area contributed by atoms with Crippen molar-refractivity contribution in [3.05, 3.63) is 45.1 Å². The zero-order chi connectivity index (χ0) is 22.9. The summed E-state index contributed by atoms with van der Waals surface area (Å²) in [5.74, 6) is 0.219. The number of nitrogens with zero attached hydrogens (tertiary/aromatic N) is 4. The monoisotopic (exact) mass is 428 g/mol. The summed E-state index contributed by atoms with van der Waals surface area (Å²) in [6, 6.07) is 6.10. The van der Waals surface area contributed by atoms with Crippen molar-refractivity contribution in [2.45, 2.75) is 66.2 Å². The first-order chi connectivity index (χ1) is 14.6. The van der Waals surface area contributed by atoms with Crippen LogP contribution in [0.2, 0.25) is 0 Å². The van der Waals surface area contributed by atoms with Crippen LogP contribution in [0, 0.1) is 0 Å². The second kappa shape index (κ2) is 8.41. The van der Waals surface area contributed by atoms with Crippen molar-refractivity contribution >= 4 is 17.3 Å². The Balaban J connectivity index is 2.46. The molecule has 0 bridgehead atoms. The summed E-state index contributed by atoms with van der Waals surface area (Å²) in [6.07, 6.45) is 0.464. The molecule has 166 valence electrons. The Bertz CT molecular complexity index is 1230. The van der Waals surface area contributed by atoms with E-state index in [4.69, 9.17) is 4.74 Å². The number of benzene rings is 1. The van der Waals surface area contributed by atoms with Crippen LogP contribution in [0.25, 0.3) is 22.6 Å². The molecule has 9 heteroatoms. The number of fused-ring (bicyclic) bond motifs is 1. The average molecular weight is 428 g/mol. The molecule has 0 spiro atoms. The van der Waals surface area contributed by atoms with Crippen molar-refractivity contribution in [3.8, 4) is 17.1 Å². The van der Waals surface area contributed by atoms with Crippen LogP contribution in [0.4, 0.5) is 4.79 Å². The van der Waals surface area contributed by atoms with Crippen LogP contribution >= 0.6 is 0 Å². The predicted octanol–water partition coefficient (Wildman–Crippen LogP) is 3.34. The van der Waals surface area contributed by atoms with Crippen LogP contribution < -0.4 is 11.2 Å². The molecule has 3 aromatic rings. The second-order valence-corrected chi connectivity index (χ2v) is 8.36. The summed E-state index contributed by atoms with van der Waals surface area (Å²) < 4.78 is 9.26. The fraction of sp³-hybridized carbons (Fsp3) is 0.455. The molecule has 2 heterocycles. The van der Waals surface area contributed by atoms with E-state index in [9.17, 15) is 19.5 Å². The first kappa shape index (κ1) is 22.3. The molecule has 0 saturated heterocycles. The molecular formula is C22H28N4O5. The van der Waals surface area contributed by atoms with Gasteiger partial charge in [0.05, 0.1) is 0 Å². The Kier molecular flexibility index (Phi) is 6.06. The lowest BCUT2D eigenvalue weighted by molar-refractivity contribution is 0.0546. The molecule has 0 aliphatic rings. The minimum absolute atomic E-state index is 0.00109. The standard InChI is InChI=1S/C22H28N4O5/c1-6-12-24-18-16(19(28)25(13-7-2)20(24)29)26(21(30)31-22(3,4)5)17(23-18)14-8-10-15(27)11-9-14/h8-11,27H,6-7,12-13H2,1-5H3. The lowest BCUT2D eigenvalue weighted by Gasteiger charge is -2.20. The molecule has 3 rings (SSSR count). The molecule has 1 N–H and O–H groups in total. The van der Waals surface area contributed by atoms with E-state index in [0.29, 0.717) is 24.9 Å². The molecule has 0 unspecified atom stereocenters. The van der Waals surface area contributed by atoms with Crippen molar-refractivity contribution in [2.24, 2.45) is 0 Å². The quantitative estimate of drug-likeness (QED) is 0.668. The van der Waals surface area contributed by atoms with Gasteiger partial charge >= 0.3 is 11.8 Å². The molecule has 31 heavy (non-hydrogen) atoms. The van der Waals surface area contributed by atoms with Gasteiger partial charge in [-0.3, -0.25) is 13.9 Å². The lowest BCUT2D eigenvalue weighted by Crippen LogP contribution is -2.41. The highest BCUT2D eigenvalue weighted by Crippen LogP contribution is 2.26. The Morgan fingerprint density at radius 2 is 1.61 bits per heavy atom. The number of phenolic OH excluding ortho intramolecular Hbond substituents is 1. The number of aromatic hydroxyl groups is 1. The molecule has 2 aromatic heterocycles. The minimum atomic E-state index is -0.805. The summed E-state index contributed by atoms with van der Waals surface area (Å²) in [4.78, 5) is 44.1. The molecule has 9 nitrogen and oxygen atoms in total. The number of phenols is 1. The number of rotatable bonds is 5. The third-order valence-electron chi connectivity index (χ3n) is 4.62. The first-order valence-corrected chi connectivity index (χ1v) is 10.4. The number of aryl methyl sites for hydroxylation is 1. The van der Waals surface area contributed by atoms with E-state index >= 15 is 0 Å². The van der Waals surface area contributed by atoms with E-state index in [0.717, 1.165) is 9.13 Å².